The first-order valence-corrected chi connectivity index (χ1v) is 8.03. The minimum atomic E-state index is -4.04. The summed E-state index contributed by atoms with van der Waals surface area (Å²) in [6.07, 6.45) is 1.67. The molecule has 114 valence electrons. The van der Waals surface area contributed by atoms with Crippen molar-refractivity contribution in [2.75, 3.05) is 4.31 Å². The number of anilines is 1. The zero-order valence-corrected chi connectivity index (χ0v) is 13.6. The van der Waals surface area contributed by atoms with Crippen molar-refractivity contribution in [1.82, 2.24) is 9.97 Å². The summed E-state index contributed by atoms with van der Waals surface area (Å²) in [7, 11) is -4.04. The molecule has 0 unspecified atom stereocenters. The number of hydrogen-bond donors (Lipinski definition) is 0. The third kappa shape index (κ3) is 3.07. The standard InChI is InChI=1S/C15H16N4O2S/c1-10-5-11(2)7-14(6-10)22(20,21)19(9-16)15-17-12(3)8-13(4)18-15/h5-8H,1-4H3. The van der Waals surface area contributed by atoms with Crippen LogP contribution in [0.2, 0.25) is 0 Å². The number of hydrogen-bond acceptors (Lipinski definition) is 5. The van der Waals surface area contributed by atoms with E-state index in [0.717, 1.165) is 11.1 Å². The van der Waals surface area contributed by atoms with E-state index in [9.17, 15) is 13.7 Å². The van der Waals surface area contributed by atoms with Crippen molar-refractivity contribution >= 4 is 16.0 Å². The molecule has 0 radical (unpaired) electrons. The van der Waals surface area contributed by atoms with Gasteiger partial charge in [0.05, 0.1) is 4.90 Å². The van der Waals surface area contributed by atoms with Gasteiger partial charge in [-0.15, -0.1) is 4.31 Å². The Hall–Kier alpha value is -2.46. The number of aromatic nitrogens is 2. The van der Waals surface area contributed by atoms with Crippen LogP contribution < -0.4 is 4.31 Å². The molecule has 0 atom stereocenters. The summed E-state index contributed by atoms with van der Waals surface area (Å²) in [5.74, 6) is -0.140. The maximum atomic E-state index is 12.7. The van der Waals surface area contributed by atoms with Crippen LogP contribution in [-0.4, -0.2) is 18.4 Å². The van der Waals surface area contributed by atoms with E-state index in [4.69, 9.17) is 0 Å². The molecule has 0 fully saturated rings. The quantitative estimate of drug-likeness (QED) is 0.641. The van der Waals surface area contributed by atoms with E-state index in [1.54, 1.807) is 40.0 Å². The fourth-order valence-electron chi connectivity index (χ4n) is 2.19. The van der Waals surface area contributed by atoms with Gasteiger partial charge in [-0.1, -0.05) is 6.07 Å². The molecule has 1 aromatic heterocycles. The third-order valence-electron chi connectivity index (χ3n) is 2.98. The molecule has 0 saturated carbocycles. The lowest BCUT2D eigenvalue weighted by atomic mass is 10.2. The summed E-state index contributed by atoms with van der Waals surface area (Å²) >= 11 is 0. The SMILES string of the molecule is Cc1cc(C)cc(S(=O)(=O)N(C#N)c2nc(C)cc(C)n2)c1. The molecule has 0 amide bonds. The molecular weight excluding hydrogens is 300 g/mol. The highest BCUT2D eigenvalue weighted by atomic mass is 32.2. The summed E-state index contributed by atoms with van der Waals surface area (Å²) in [5.41, 5.74) is 2.80. The van der Waals surface area contributed by atoms with Crippen molar-refractivity contribution in [3.05, 3.63) is 46.8 Å². The largest absolute Gasteiger partial charge is 0.279 e. The molecule has 2 rings (SSSR count). The maximum absolute atomic E-state index is 12.7. The van der Waals surface area contributed by atoms with Gasteiger partial charge in [-0.25, -0.2) is 9.97 Å². The lowest BCUT2D eigenvalue weighted by Crippen LogP contribution is -2.28. The molecule has 0 bridgehead atoms. The first-order valence-electron chi connectivity index (χ1n) is 6.59. The van der Waals surface area contributed by atoms with Gasteiger partial charge in [-0.2, -0.15) is 13.7 Å². The first kappa shape index (κ1) is 15.9. The molecule has 0 N–H and O–H groups in total. The zero-order valence-electron chi connectivity index (χ0n) is 12.8. The second kappa shape index (κ2) is 5.73. The van der Waals surface area contributed by atoms with Gasteiger partial charge in [0.15, 0.2) is 0 Å². The Kier molecular flexibility index (Phi) is 4.15. The van der Waals surface area contributed by atoms with Crippen LogP contribution in [0.4, 0.5) is 5.95 Å². The summed E-state index contributed by atoms with van der Waals surface area (Å²) in [6.45, 7) is 7.04. The smallest absolute Gasteiger partial charge is 0.217 e. The zero-order chi connectivity index (χ0) is 16.5. The van der Waals surface area contributed by atoms with Gasteiger partial charge in [-0.05, 0) is 57.0 Å². The highest BCUT2D eigenvalue weighted by molar-refractivity contribution is 7.93. The van der Waals surface area contributed by atoms with Crippen molar-refractivity contribution in [1.29, 1.82) is 5.26 Å². The highest BCUT2D eigenvalue weighted by Crippen LogP contribution is 2.22. The molecule has 0 spiro atoms. The third-order valence-corrected chi connectivity index (χ3v) is 4.53. The van der Waals surface area contributed by atoms with Crippen LogP contribution in [0, 0.1) is 39.1 Å². The van der Waals surface area contributed by atoms with E-state index in [-0.39, 0.29) is 10.8 Å². The van der Waals surface area contributed by atoms with Gasteiger partial charge in [0, 0.05) is 11.4 Å². The normalized spacial score (nSPS) is 11.0. The Morgan fingerprint density at radius 3 is 1.91 bits per heavy atom. The second-order valence-corrected chi connectivity index (χ2v) is 6.93. The second-order valence-electron chi connectivity index (χ2n) is 5.14. The minimum Gasteiger partial charge on any atom is -0.217 e. The lowest BCUT2D eigenvalue weighted by molar-refractivity contribution is 0.595. The van der Waals surface area contributed by atoms with Crippen molar-refractivity contribution in [2.45, 2.75) is 32.6 Å². The van der Waals surface area contributed by atoms with Gasteiger partial charge in [0.25, 0.3) is 16.0 Å². The average Bonchev–Trinajstić information content (AvgIpc) is 2.36. The van der Waals surface area contributed by atoms with E-state index in [1.807, 2.05) is 6.07 Å². The predicted molar refractivity (Wildman–Crippen MR) is 82.7 cm³/mol. The molecule has 0 saturated heterocycles. The van der Waals surface area contributed by atoms with Crippen LogP contribution in [-0.2, 0) is 10.0 Å². The Labute approximate surface area is 130 Å². The van der Waals surface area contributed by atoms with Gasteiger partial charge in [-0.3, -0.25) is 0 Å². The van der Waals surface area contributed by atoms with Gasteiger partial charge in [0.1, 0.15) is 0 Å². The number of benzene rings is 1. The Bertz CT molecular complexity index is 829. The number of sulfonamides is 1. The van der Waals surface area contributed by atoms with Crippen LogP contribution in [0.3, 0.4) is 0 Å². The Morgan fingerprint density at radius 1 is 0.955 bits per heavy atom. The predicted octanol–water partition coefficient (Wildman–Crippen LogP) is 2.39. The highest BCUT2D eigenvalue weighted by Gasteiger charge is 2.28. The molecule has 1 heterocycles. The van der Waals surface area contributed by atoms with Gasteiger partial charge in [0.2, 0.25) is 6.19 Å². The molecule has 1 aromatic carbocycles. The molecule has 2 aromatic rings. The van der Waals surface area contributed by atoms with E-state index < -0.39 is 10.0 Å². The fourth-order valence-corrected chi connectivity index (χ4v) is 3.48. The molecule has 0 aliphatic carbocycles. The van der Waals surface area contributed by atoms with Crippen molar-refractivity contribution in [3.8, 4) is 6.19 Å². The summed E-state index contributed by atoms with van der Waals surface area (Å²) < 4.78 is 26.0. The summed E-state index contributed by atoms with van der Waals surface area (Å²) in [5, 5.41) is 9.31. The number of nitriles is 1. The topological polar surface area (TPSA) is 87.0 Å². The molecule has 6 nitrogen and oxygen atoms in total. The van der Waals surface area contributed by atoms with Gasteiger partial charge < -0.3 is 0 Å². The summed E-state index contributed by atoms with van der Waals surface area (Å²) in [6, 6.07) is 6.62. The van der Waals surface area contributed by atoms with Crippen LogP contribution in [0.1, 0.15) is 22.5 Å². The summed E-state index contributed by atoms with van der Waals surface area (Å²) in [4.78, 5) is 8.16. The van der Waals surface area contributed by atoms with E-state index >= 15 is 0 Å². The Balaban J connectivity index is 2.61. The lowest BCUT2D eigenvalue weighted by Gasteiger charge is -2.15. The van der Waals surface area contributed by atoms with Crippen LogP contribution in [0.5, 0.6) is 0 Å². The van der Waals surface area contributed by atoms with E-state index in [1.165, 1.54) is 12.1 Å². The van der Waals surface area contributed by atoms with Crippen molar-refractivity contribution in [2.24, 2.45) is 0 Å². The molecule has 0 aliphatic heterocycles. The monoisotopic (exact) mass is 316 g/mol. The number of rotatable bonds is 3. The molecule has 0 aliphatic rings. The average molecular weight is 316 g/mol. The van der Waals surface area contributed by atoms with E-state index in [2.05, 4.69) is 9.97 Å². The molecular formula is C15H16N4O2S. The minimum absolute atomic E-state index is 0.0503. The van der Waals surface area contributed by atoms with Gasteiger partial charge >= 0.3 is 0 Å². The van der Waals surface area contributed by atoms with E-state index in [0.29, 0.717) is 15.7 Å². The number of aryl methyl sites for hydroxylation is 4. The Morgan fingerprint density at radius 2 is 1.45 bits per heavy atom. The molecule has 7 heteroatoms. The first-order chi connectivity index (χ1) is 10.2. The number of nitrogens with zero attached hydrogens (tertiary/aromatic N) is 4. The van der Waals surface area contributed by atoms with Crippen molar-refractivity contribution in [3.63, 3.8) is 0 Å². The van der Waals surface area contributed by atoms with Crippen LogP contribution in [0.15, 0.2) is 29.2 Å². The maximum Gasteiger partial charge on any atom is 0.279 e. The fraction of sp³-hybridized carbons (Fsp3) is 0.267. The van der Waals surface area contributed by atoms with Crippen LogP contribution in [0.25, 0.3) is 0 Å². The van der Waals surface area contributed by atoms with Crippen LogP contribution >= 0.6 is 0 Å². The molecule has 22 heavy (non-hydrogen) atoms. The van der Waals surface area contributed by atoms with Crippen molar-refractivity contribution < 1.29 is 8.42 Å².